The Hall–Kier alpha value is 0.0500. The molecule has 0 aliphatic heterocycles. The molecule has 13 heavy (non-hydrogen) atoms. The molecule has 0 fully saturated rings. The highest BCUT2D eigenvalue weighted by Crippen LogP contribution is 2.34. The van der Waals surface area contributed by atoms with E-state index >= 15 is 0 Å². The van der Waals surface area contributed by atoms with E-state index in [1.165, 1.54) is 0 Å². The minimum absolute atomic E-state index is 0.160. The number of halogens is 4. The molecule has 1 nitrogen and oxygen atoms in total. The molecule has 0 amide bonds. The van der Waals surface area contributed by atoms with Gasteiger partial charge in [-0.2, -0.15) is 0 Å². The summed E-state index contributed by atoms with van der Waals surface area (Å²) in [5.41, 5.74) is 0.656. The fraction of sp³-hybridized carbons (Fsp3) is 0.125. The Kier molecular flexibility index (Phi) is 3.87. The van der Waals surface area contributed by atoms with E-state index < -0.39 is 0 Å². The van der Waals surface area contributed by atoms with E-state index in [9.17, 15) is 0 Å². The lowest BCUT2D eigenvalue weighted by Crippen LogP contribution is -1.91. The molecule has 1 aromatic rings. The zero-order valence-corrected chi connectivity index (χ0v) is 9.47. The van der Waals surface area contributed by atoms with E-state index in [1.807, 2.05) is 0 Å². The Bertz CT molecular complexity index is 322. The van der Waals surface area contributed by atoms with Crippen molar-refractivity contribution in [2.45, 2.75) is 6.42 Å². The predicted octanol–water partition coefficient (Wildman–Crippen LogP) is 4.42. The van der Waals surface area contributed by atoms with E-state index in [0.717, 1.165) is 0 Å². The number of hydrogen-bond acceptors (Lipinski definition) is 1. The van der Waals surface area contributed by atoms with Crippen molar-refractivity contribution in [1.29, 1.82) is 0 Å². The van der Waals surface area contributed by atoms with Gasteiger partial charge in [-0.05, 0) is 12.0 Å². The molecule has 0 aliphatic carbocycles. The molecule has 0 bridgehead atoms. The van der Waals surface area contributed by atoms with Crippen LogP contribution in [-0.2, 0) is 6.42 Å². The van der Waals surface area contributed by atoms with Gasteiger partial charge >= 0.3 is 0 Å². The second-order valence-corrected chi connectivity index (χ2v) is 3.76. The van der Waals surface area contributed by atoms with Crippen LogP contribution < -0.4 is 0 Å². The smallest absolute Gasteiger partial charge is 0.149 e. The molecule has 1 rings (SSSR count). The average Bonchev–Trinajstić information content (AvgIpc) is 2.09. The van der Waals surface area contributed by atoms with Crippen LogP contribution in [0.5, 0.6) is 0 Å². The molecule has 70 valence electrons. The SMILES string of the molecule is C=CCc1c(Cl)c(Cl)nc(Cl)c1Cl. The van der Waals surface area contributed by atoms with Crippen molar-refractivity contribution < 1.29 is 0 Å². The van der Waals surface area contributed by atoms with Crippen LogP contribution in [-0.4, -0.2) is 4.98 Å². The van der Waals surface area contributed by atoms with Crippen LogP contribution in [0.2, 0.25) is 20.4 Å². The topological polar surface area (TPSA) is 12.9 Å². The van der Waals surface area contributed by atoms with Gasteiger partial charge in [-0.3, -0.25) is 0 Å². The molecule has 0 spiro atoms. The van der Waals surface area contributed by atoms with Crippen LogP contribution in [0.4, 0.5) is 0 Å². The first kappa shape index (κ1) is 11.1. The summed E-state index contributed by atoms with van der Waals surface area (Å²) in [5.74, 6) is 0. The van der Waals surface area contributed by atoms with Gasteiger partial charge in [0, 0.05) is 0 Å². The van der Waals surface area contributed by atoms with Crippen molar-refractivity contribution >= 4 is 46.4 Å². The summed E-state index contributed by atoms with van der Waals surface area (Å²) in [5, 5.41) is 0.979. The third-order valence-electron chi connectivity index (χ3n) is 1.44. The highest BCUT2D eigenvalue weighted by molar-refractivity contribution is 6.46. The van der Waals surface area contributed by atoms with Crippen molar-refractivity contribution in [3.8, 4) is 0 Å². The summed E-state index contributed by atoms with van der Waals surface area (Å²) in [6, 6.07) is 0. The van der Waals surface area contributed by atoms with E-state index in [0.29, 0.717) is 22.0 Å². The lowest BCUT2D eigenvalue weighted by Gasteiger charge is -2.06. The van der Waals surface area contributed by atoms with Gasteiger partial charge in [0.25, 0.3) is 0 Å². The zero-order valence-electron chi connectivity index (χ0n) is 6.45. The summed E-state index contributed by atoms with van der Waals surface area (Å²) in [4.78, 5) is 3.75. The van der Waals surface area contributed by atoms with Gasteiger partial charge in [-0.15, -0.1) is 6.58 Å². The van der Waals surface area contributed by atoms with Crippen molar-refractivity contribution in [1.82, 2.24) is 4.98 Å². The third kappa shape index (κ3) is 2.29. The fourth-order valence-electron chi connectivity index (χ4n) is 0.853. The van der Waals surface area contributed by atoms with E-state index in [-0.39, 0.29) is 10.3 Å². The highest BCUT2D eigenvalue weighted by Gasteiger charge is 2.13. The summed E-state index contributed by atoms with van der Waals surface area (Å²) in [6.07, 6.45) is 2.18. The van der Waals surface area contributed by atoms with E-state index in [2.05, 4.69) is 11.6 Å². The van der Waals surface area contributed by atoms with E-state index in [1.54, 1.807) is 6.08 Å². The molecular formula is C8H5Cl4N. The Morgan fingerprint density at radius 2 is 1.54 bits per heavy atom. The van der Waals surface area contributed by atoms with Crippen LogP contribution in [0, 0.1) is 0 Å². The van der Waals surface area contributed by atoms with Crippen molar-refractivity contribution in [2.75, 3.05) is 0 Å². The normalized spacial score (nSPS) is 10.2. The van der Waals surface area contributed by atoms with Crippen LogP contribution >= 0.6 is 46.4 Å². The first-order chi connectivity index (χ1) is 6.07. The minimum atomic E-state index is 0.160. The summed E-state index contributed by atoms with van der Waals surface area (Å²) >= 11 is 23.1. The second-order valence-electron chi connectivity index (χ2n) is 2.29. The number of nitrogens with zero attached hydrogens (tertiary/aromatic N) is 1. The Labute approximate surface area is 96.3 Å². The van der Waals surface area contributed by atoms with Crippen molar-refractivity contribution in [3.05, 3.63) is 38.6 Å². The number of allylic oxidation sites excluding steroid dienone is 1. The molecule has 0 N–H and O–H groups in total. The molecule has 0 saturated carbocycles. The second kappa shape index (κ2) is 4.52. The fourth-order valence-corrected chi connectivity index (χ4v) is 1.77. The van der Waals surface area contributed by atoms with Crippen molar-refractivity contribution in [3.63, 3.8) is 0 Å². The lowest BCUT2D eigenvalue weighted by atomic mass is 10.2. The molecule has 5 heteroatoms. The lowest BCUT2D eigenvalue weighted by molar-refractivity contribution is 1.21. The maximum absolute atomic E-state index is 5.86. The van der Waals surface area contributed by atoms with Gasteiger partial charge in [0.15, 0.2) is 0 Å². The van der Waals surface area contributed by atoms with Crippen molar-refractivity contribution in [2.24, 2.45) is 0 Å². The molecule has 0 radical (unpaired) electrons. The molecule has 1 heterocycles. The molecule has 0 aliphatic rings. The number of hydrogen-bond donors (Lipinski definition) is 0. The van der Waals surface area contributed by atoms with Crippen LogP contribution in [0.1, 0.15) is 5.56 Å². The van der Waals surface area contributed by atoms with E-state index in [4.69, 9.17) is 46.4 Å². The summed E-state index contributed by atoms with van der Waals surface area (Å²) in [6.45, 7) is 3.57. The summed E-state index contributed by atoms with van der Waals surface area (Å²) in [7, 11) is 0. The minimum Gasteiger partial charge on any atom is -0.221 e. The van der Waals surface area contributed by atoms with Gasteiger partial charge in [-0.1, -0.05) is 52.5 Å². The van der Waals surface area contributed by atoms with Crippen LogP contribution in [0.25, 0.3) is 0 Å². The first-order valence-electron chi connectivity index (χ1n) is 3.37. The van der Waals surface area contributed by atoms with Gasteiger partial charge in [0.2, 0.25) is 0 Å². The maximum atomic E-state index is 5.86. The van der Waals surface area contributed by atoms with Crippen LogP contribution in [0.3, 0.4) is 0 Å². The van der Waals surface area contributed by atoms with Gasteiger partial charge in [0.05, 0.1) is 10.0 Å². The molecule has 0 aromatic carbocycles. The number of pyridine rings is 1. The quantitative estimate of drug-likeness (QED) is 0.564. The molecule has 1 aromatic heterocycles. The average molecular weight is 257 g/mol. The predicted molar refractivity (Wildman–Crippen MR) is 58.2 cm³/mol. The monoisotopic (exact) mass is 255 g/mol. The van der Waals surface area contributed by atoms with Crippen LogP contribution in [0.15, 0.2) is 12.7 Å². The molecule has 0 unspecified atom stereocenters. The Balaban J connectivity index is 3.36. The van der Waals surface area contributed by atoms with Gasteiger partial charge in [-0.25, -0.2) is 4.98 Å². The number of aromatic nitrogens is 1. The number of rotatable bonds is 2. The molecular weight excluding hydrogens is 252 g/mol. The Morgan fingerprint density at radius 1 is 1.08 bits per heavy atom. The standard InChI is InChI=1S/C8H5Cl4N/c1-2-3-4-5(9)7(11)13-8(12)6(4)10/h2H,1,3H2. The third-order valence-corrected chi connectivity index (χ3v) is 2.99. The Morgan fingerprint density at radius 3 is 1.92 bits per heavy atom. The van der Waals surface area contributed by atoms with Gasteiger partial charge in [0.1, 0.15) is 10.3 Å². The highest BCUT2D eigenvalue weighted by atomic mass is 35.5. The zero-order chi connectivity index (χ0) is 10.0. The first-order valence-corrected chi connectivity index (χ1v) is 4.89. The van der Waals surface area contributed by atoms with Gasteiger partial charge < -0.3 is 0 Å². The molecule has 0 atom stereocenters. The summed E-state index contributed by atoms with van der Waals surface area (Å²) < 4.78 is 0. The maximum Gasteiger partial charge on any atom is 0.149 e. The largest absolute Gasteiger partial charge is 0.221 e. The molecule has 0 saturated heterocycles.